The third-order valence-electron chi connectivity index (χ3n) is 4.10. The Kier molecular flexibility index (Phi) is 6.53. The van der Waals surface area contributed by atoms with Gasteiger partial charge in [-0.05, 0) is 24.6 Å². The zero-order valence-electron chi connectivity index (χ0n) is 13.5. The number of hydrogen-bond donors (Lipinski definition) is 5. The molecule has 0 spiro atoms. The van der Waals surface area contributed by atoms with Crippen LogP contribution >= 0.6 is 0 Å². The number of hydrogen-bond acceptors (Lipinski definition) is 8. The summed E-state index contributed by atoms with van der Waals surface area (Å²) in [6.07, 6.45) is -8.61. The van der Waals surface area contributed by atoms with Crippen molar-refractivity contribution in [1.82, 2.24) is 0 Å². The molecule has 136 valence electrons. The summed E-state index contributed by atoms with van der Waals surface area (Å²) in [6, 6.07) is 6.74. The van der Waals surface area contributed by atoms with Crippen molar-refractivity contribution in [3.8, 4) is 5.75 Å². The van der Waals surface area contributed by atoms with E-state index in [1.165, 1.54) is 7.11 Å². The molecule has 7 atom stereocenters. The summed E-state index contributed by atoms with van der Waals surface area (Å²) < 4.78 is 15.8. The van der Waals surface area contributed by atoms with E-state index in [4.69, 9.17) is 19.3 Å². The van der Waals surface area contributed by atoms with Gasteiger partial charge >= 0.3 is 0 Å². The third-order valence-corrected chi connectivity index (χ3v) is 4.10. The fourth-order valence-electron chi connectivity index (χ4n) is 2.54. The summed E-state index contributed by atoms with van der Waals surface area (Å²) in [5, 5.41) is 48.9. The normalized spacial score (nSPS) is 33.0. The predicted molar refractivity (Wildman–Crippen MR) is 82.3 cm³/mol. The van der Waals surface area contributed by atoms with Gasteiger partial charge in [-0.1, -0.05) is 12.1 Å². The maximum atomic E-state index is 10.3. The first kappa shape index (κ1) is 19.1. The van der Waals surface area contributed by atoms with Crippen LogP contribution in [0.3, 0.4) is 0 Å². The molecule has 0 radical (unpaired) electrons. The molecule has 1 aromatic carbocycles. The summed E-state index contributed by atoms with van der Waals surface area (Å²) in [7, 11) is 1.54. The van der Waals surface area contributed by atoms with Crippen LogP contribution in [0.1, 0.15) is 18.6 Å². The number of aliphatic hydroxyl groups is 5. The van der Waals surface area contributed by atoms with Crippen molar-refractivity contribution in [3.63, 3.8) is 0 Å². The second-order valence-electron chi connectivity index (χ2n) is 5.76. The number of methoxy groups -OCH3 is 1. The van der Waals surface area contributed by atoms with Crippen molar-refractivity contribution >= 4 is 0 Å². The molecule has 2 rings (SSSR count). The molecule has 1 aliphatic heterocycles. The van der Waals surface area contributed by atoms with Gasteiger partial charge in [-0.2, -0.15) is 0 Å². The molecule has 0 unspecified atom stereocenters. The summed E-state index contributed by atoms with van der Waals surface area (Å²) in [6.45, 7) is 1.04. The number of rotatable bonds is 6. The first-order valence-electron chi connectivity index (χ1n) is 7.67. The van der Waals surface area contributed by atoms with Crippen LogP contribution in [0.5, 0.6) is 5.75 Å². The van der Waals surface area contributed by atoms with Crippen LogP contribution in [0.25, 0.3) is 0 Å². The molecule has 1 heterocycles. The highest BCUT2D eigenvalue weighted by atomic mass is 16.7. The average Bonchev–Trinajstić information content (AvgIpc) is 2.61. The van der Waals surface area contributed by atoms with Gasteiger partial charge in [-0.3, -0.25) is 0 Å². The topological polar surface area (TPSA) is 129 Å². The lowest BCUT2D eigenvalue weighted by Crippen LogP contribution is -2.59. The Labute approximate surface area is 139 Å². The molecule has 0 saturated carbocycles. The highest BCUT2D eigenvalue weighted by Crippen LogP contribution is 2.27. The Morgan fingerprint density at radius 2 is 1.71 bits per heavy atom. The number of ether oxygens (including phenoxy) is 3. The van der Waals surface area contributed by atoms with Crippen molar-refractivity contribution in [2.75, 3.05) is 13.7 Å². The quantitative estimate of drug-likeness (QED) is 0.441. The van der Waals surface area contributed by atoms with E-state index in [0.717, 1.165) is 0 Å². The van der Waals surface area contributed by atoms with Crippen molar-refractivity contribution in [2.45, 2.75) is 49.8 Å². The van der Waals surface area contributed by atoms with Crippen LogP contribution in [0.15, 0.2) is 24.3 Å². The lowest BCUT2D eigenvalue weighted by molar-refractivity contribution is -0.315. The number of benzene rings is 1. The standard InChI is InChI=1S/C16H24O8/c1-8(12(18)9-3-5-10(22-2)6-4-9)23-16-15(21)14(20)13(19)11(7-17)24-16/h3-6,8,11-21H,7H2,1-2H3/t8-,11+,12-,13+,14-,15+,16+/m0/s1. The Bertz CT molecular complexity index is 505. The van der Waals surface area contributed by atoms with Gasteiger partial charge < -0.3 is 39.7 Å². The lowest BCUT2D eigenvalue weighted by atomic mass is 9.99. The highest BCUT2D eigenvalue weighted by Gasteiger charge is 2.44. The first-order valence-corrected chi connectivity index (χ1v) is 7.67. The minimum atomic E-state index is -1.52. The van der Waals surface area contributed by atoms with Crippen molar-refractivity contribution in [2.24, 2.45) is 0 Å². The van der Waals surface area contributed by atoms with Crippen LogP contribution in [-0.4, -0.2) is 76.1 Å². The molecule has 5 N–H and O–H groups in total. The number of aliphatic hydroxyl groups excluding tert-OH is 5. The minimum absolute atomic E-state index is 0.541. The van der Waals surface area contributed by atoms with Crippen LogP contribution in [-0.2, 0) is 9.47 Å². The first-order chi connectivity index (χ1) is 11.4. The molecular weight excluding hydrogens is 320 g/mol. The van der Waals surface area contributed by atoms with Gasteiger partial charge in [0.15, 0.2) is 6.29 Å². The van der Waals surface area contributed by atoms with Gasteiger partial charge in [0.2, 0.25) is 0 Å². The SMILES string of the molecule is COc1ccc([C@@H](O)[C@H](C)O[C@@H]2O[C@H](CO)[C@@H](O)[C@H](O)[C@H]2O)cc1. The van der Waals surface area contributed by atoms with E-state index in [9.17, 15) is 20.4 Å². The van der Waals surface area contributed by atoms with E-state index in [1.807, 2.05) is 0 Å². The van der Waals surface area contributed by atoms with Gasteiger partial charge in [-0.25, -0.2) is 0 Å². The molecule has 8 heteroatoms. The van der Waals surface area contributed by atoms with Crippen LogP contribution in [0.2, 0.25) is 0 Å². The monoisotopic (exact) mass is 344 g/mol. The smallest absolute Gasteiger partial charge is 0.187 e. The minimum Gasteiger partial charge on any atom is -0.497 e. The van der Waals surface area contributed by atoms with Gasteiger partial charge in [0.1, 0.15) is 36.3 Å². The van der Waals surface area contributed by atoms with E-state index in [1.54, 1.807) is 31.2 Å². The van der Waals surface area contributed by atoms with Crippen LogP contribution in [0, 0.1) is 0 Å². The Morgan fingerprint density at radius 1 is 1.08 bits per heavy atom. The third kappa shape index (κ3) is 4.04. The van der Waals surface area contributed by atoms with Gasteiger partial charge in [-0.15, -0.1) is 0 Å². The molecule has 0 amide bonds. The molecule has 0 bridgehead atoms. The fraction of sp³-hybridized carbons (Fsp3) is 0.625. The van der Waals surface area contributed by atoms with Crippen LogP contribution < -0.4 is 4.74 Å². The molecule has 24 heavy (non-hydrogen) atoms. The molecule has 0 aliphatic carbocycles. The van der Waals surface area contributed by atoms with Crippen molar-refractivity contribution in [3.05, 3.63) is 29.8 Å². The Balaban J connectivity index is 2.02. The van der Waals surface area contributed by atoms with E-state index in [2.05, 4.69) is 0 Å². The highest BCUT2D eigenvalue weighted by molar-refractivity contribution is 5.28. The summed E-state index contributed by atoms with van der Waals surface area (Å²) in [5.41, 5.74) is 0.577. The van der Waals surface area contributed by atoms with E-state index in [-0.39, 0.29) is 0 Å². The summed E-state index contributed by atoms with van der Waals surface area (Å²) in [5.74, 6) is 0.647. The molecule has 1 fully saturated rings. The molecule has 1 aromatic rings. The van der Waals surface area contributed by atoms with Crippen molar-refractivity contribution < 1.29 is 39.7 Å². The fourth-order valence-corrected chi connectivity index (χ4v) is 2.54. The predicted octanol–water partition coefficient (Wildman–Crippen LogP) is -1.07. The van der Waals surface area contributed by atoms with Crippen LogP contribution in [0.4, 0.5) is 0 Å². The lowest BCUT2D eigenvalue weighted by Gasteiger charge is -2.41. The average molecular weight is 344 g/mol. The van der Waals surface area contributed by atoms with E-state index in [0.29, 0.717) is 11.3 Å². The summed E-state index contributed by atoms with van der Waals surface area (Å²) >= 11 is 0. The van der Waals surface area contributed by atoms with Gasteiger partial charge in [0.05, 0.1) is 19.8 Å². The van der Waals surface area contributed by atoms with E-state index >= 15 is 0 Å². The molecule has 0 aromatic heterocycles. The molecule has 1 aliphatic rings. The Hall–Kier alpha value is -1.26. The molecule has 8 nitrogen and oxygen atoms in total. The Morgan fingerprint density at radius 3 is 2.25 bits per heavy atom. The molecule has 1 saturated heterocycles. The van der Waals surface area contributed by atoms with Crippen molar-refractivity contribution in [1.29, 1.82) is 0 Å². The van der Waals surface area contributed by atoms with Gasteiger partial charge in [0.25, 0.3) is 0 Å². The molecular formula is C16H24O8. The maximum Gasteiger partial charge on any atom is 0.187 e. The zero-order chi connectivity index (χ0) is 17.9. The second-order valence-corrected chi connectivity index (χ2v) is 5.76. The summed E-state index contributed by atoms with van der Waals surface area (Å²) in [4.78, 5) is 0. The van der Waals surface area contributed by atoms with E-state index < -0.39 is 49.5 Å². The zero-order valence-corrected chi connectivity index (χ0v) is 13.5. The largest absolute Gasteiger partial charge is 0.497 e. The van der Waals surface area contributed by atoms with Gasteiger partial charge in [0, 0.05) is 0 Å². The maximum absolute atomic E-state index is 10.3. The second kappa shape index (κ2) is 8.21.